The Morgan fingerprint density at radius 1 is 0.452 bits per heavy atom. The van der Waals surface area contributed by atoms with Crippen molar-refractivity contribution in [2.45, 2.75) is 38.0 Å². The zero-order valence-electron chi connectivity index (χ0n) is 41.0. The number of rotatable bonds is 8. The van der Waals surface area contributed by atoms with Crippen LogP contribution in [0.1, 0.15) is 43.9 Å². The van der Waals surface area contributed by atoms with Crippen molar-refractivity contribution in [3.05, 3.63) is 210 Å². The second kappa shape index (κ2) is 17.6. The molecule has 0 spiro atoms. The number of allylic oxidation sites excluding steroid dienone is 3. The maximum Gasteiger partial charge on any atom is 0.143 e. The van der Waals surface area contributed by atoms with Crippen molar-refractivity contribution in [3.8, 4) is 55.6 Å². The summed E-state index contributed by atoms with van der Waals surface area (Å²) in [7, 11) is 47.3. The SMILES string of the molecule is [B]c1c([B])c([B])c(-c2c([B])c([B])c(-c3ccccc3)c3c2C(C)(C)c2cc(C4(C)C=CC(N(c5ccc(-c6ccccc6)cc5)c5ccc(-c6cccc7c6oc6ccccc67)cc5)=CC4)ccc2-3)c([B])c1[B]. The molecule has 0 aliphatic heterocycles. The molecule has 0 N–H and O–H groups in total. The maximum absolute atomic E-state index is 7.18. The van der Waals surface area contributed by atoms with Crippen LogP contribution in [0.5, 0.6) is 0 Å². The van der Waals surface area contributed by atoms with E-state index in [2.05, 4.69) is 177 Å². The predicted molar refractivity (Wildman–Crippen MR) is 315 cm³/mol. The number of nitrogens with zero attached hydrogens (tertiary/aromatic N) is 1. The number of fused-ring (bicyclic) bond motifs is 6. The third kappa shape index (κ3) is 7.41. The summed E-state index contributed by atoms with van der Waals surface area (Å²) in [6, 6.07) is 59.6. The first-order chi connectivity index (χ1) is 35.2. The van der Waals surface area contributed by atoms with Gasteiger partial charge in [0.05, 0.1) is 0 Å². The van der Waals surface area contributed by atoms with E-state index in [0.717, 1.165) is 95.5 Å². The molecule has 9 heteroatoms. The molecule has 10 aromatic rings. The fourth-order valence-corrected chi connectivity index (χ4v) is 11.5. The fraction of sp³-hybridized carbons (Fsp3) is 0.0938. The summed E-state index contributed by atoms with van der Waals surface area (Å²) in [6.45, 7) is 6.73. The number of benzene rings is 9. The Hall–Kier alpha value is -7.49. The van der Waals surface area contributed by atoms with E-state index in [1.807, 2.05) is 36.4 Å². The van der Waals surface area contributed by atoms with Gasteiger partial charge in [-0.2, -0.15) is 0 Å². The highest BCUT2D eigenvalue weighted by Crippen LogP contribution is 2.55. The summed E-state index contributed by atoms with van der Waals surface area (Å²) in [4.78, 5) is 2.34. The Kier molecular flexibility index (Phi) is 11.2. The van der Waals surface area contributed by atoms with Crippen LogP contribution in [0.3, 0.4) is 0 Å². The largest absolute Gasteiger partial charge is 0.455 e. The van der Waals surface area contributed by atoms with Crippen molar-refractivity contribution in [1.82, 2.24) is 0 Å². The molecule has 0 saturated heterocycles. The van der Waals surface area contributed by atoms with E-state index in [4.69, 9.17) is 59.3 Å². The van der Waals surface area contributed by atoms with E-state index in [0.29, 0.717) is 22.1 Å². The van der Waals surface area contributed by atoms with Gasteiger partial charge < -0.3 is 9.32 Å². The van der Waals surface area contributed by atoms with Crippen molar-refractivity contribution < 1.29 is 4.42 Å². The van der Waals surface area contributed by atoms with Crippen molar-refractivity contribution in [2.75, 3.05) is 4.90 Å². The van der Waals surface area contributed by atoms with E-state index in [9.17, 15) is 0 Å². The highest BCUT2D eigenvalue weighted by molar-refractivity contribution is 6.69. The predicted octanol–water partition coefficient (Wildman–Crippen LogP) is 9.06. The van der Waals surface area contributed by atoms with E-state index in [1.54, 1.807) is 0 Å². The van der Waals surface area contributed by atoms with Crippen molar-refractivity contribution >= 4 is 126 Å². The molecule has 1 aromatic heterocycles. The van der Waals surface area contributed by atoms with Gasteiger partial charge in [0.1, 0.15) is 66.1 Å². The first-order valence-electron chi connectivity index (χ1n) is 24.6. The van der Waals surface area contributed by atoms with Gasteiger partial charge in [-0.3, -0.25) is 0 Å². The Balaban J connectivity index is 0.942. The van der Waals surface area contributed by atoms with Gasteiger partial charge in [-0.1, -0.05) is 194 Å². The minimum Gasteiger partial charge on any atom is -0.455 e. The zero-order valence-corrected chi connectivity index (χ0v) is 41.0. The minimum atomic E-state index is -0.619. The lowest BCUT2D eigenvalue weighted by Crippen LogP contribution is -2.56. The average molecular weight is 917 g/mol. The zero-order chi connectivity index (χ0) is 50.5. The quantitative estimate of drug-likeness (QED) is 0.142. The van der Waals surface area contributed by atoms with Crippen molar-refractivity contribution in [3.63, 3.8) is 0 Å². The summed E-state index contributed by atoms with van der Waals surface area (Å²) < 4.78 is 6.45. The molecular weight excluding hydrogens is 874 g/mol. The topological polar surface area (TPSA) is 16.4 Å². The molecule has 0 amide bonds. The van der Waals surface area contributed by atoms with Gasteiger partial charge in [-0.05, 0) is 110 Å². The molecular formula is C64H42B7NO. The van der Waals surface area contributed by atoms with Crippen LogP contribution in [0, 0.1) is 0 Å². The smallest absolute Gasteiger partial charge is 0.143 e. The lowest BCUT2D eigenvalue weighted by atomic mass is 9.57. The van der Waals surface area contributed by atoms with Crippen LogP contribution in [0.15, 0.2) is 198 Å². The van der Waals surface area contributed by atoms with Crippen molar-refractivity contribution in [2.24, 2.45) is 0 Å². The van der Waals surface area contributed by atoms with E-state index in [-0.39, 0.29) is 32.7 Å². The molecule has 14 radical (unpaired) electrons. The van der Waals surface area contributed by atoms with Crippen LogP contribution < -0.4 is 43.1 Å². The molecule has 9 aromatic carbocycles. The third-order valence-electron chi connectivity index (χ3n) is 15.5. The highest BCUT2D eigenvalue weighted by atomic mass is 16.3. The monoisotopic (exact) mass is 917 g/mol. The summed E-state index contributed by atoms with van der Waals surface area (Å²) in [5.41, 5.74) is 18.1. The van der Waals surface area contributed by atoms with Crippen LogP contribution in [0.25, 0.3) is 77.6 Å². The second-order valence-corrected chi connectivity index (χ2v) is 20.2. The lowest BCUT2D eigenvalue weighted by molar-refractivity contribution is 0.590. The number of hydrogen-bond acceptors (Lipinski definition) is 2. The molecule has 0 saturated carbocycles. The van der Waals surface area contributed by atoms with Crippen LogP contribution in [0.2, 0.25) is 0 Å². The van der Waals surface area contributed by atoms with Crippen LogP contribution in [0.4, 0.5) is 11.4 Å². The van der Waals surface area contributed by atoms with Gasteiger partial charge in [-0.15, -0.1) is 16.4 Å². The molecule has 73 heavy (non-hydrogen) atoms. The van der Waals surface area contributed by atoms with Gasteiger partial charge >= 0.3 is 0 Å². The standard InChI is InChI=1S/C64H42B7NO/c1-63(2)48-35-40(25-30-47(48)51-50(39-15-8-5-9-16-39)55(65)56(66)52(54(51)63)53-57(67)59(69)61(71)60(70)58(53)68)64(3)33-31-43(32-34-64)72(41-26-21-37(22-27-41)36-13-6-4-7-14-36)42-28-23-38(24-29-42)44-18-12-19-46-45-17-10-11-20-49(45)73-62(44)46/h4-33,35H,34H2,1-3H3. The molecule has 2 aliphatic rings. The summed E-state index contributed by atoms with van der Waals surface area (Å²) >= 11 is 0. The minimum absolute atomic E-state index is 0.135. The normalized spacial score (nSPS) is 15.6. The summed E-state index contributed by atoms with van der Waals surface area (Å²) in [5.74, 6) is 0. The molecule has 0 fully saturated rings. The van der Waals surface area contributed by atoms with E-state index in [1.165, 1.54) is 11.1 Å². The highest BCUT2D eigenvalue weighted by Gasteiger charge is 2.42. The summed E-state index contributed by atoms with van der Waals surface area (Å²) in [5, 5.41) is 2.22. The molecule has 330 valence electrons. The maximum atomic E-state index is 7.18. The first-order valence-corrected chi connectivity index (χ1v) is 24.6. The fourth-order valence-electron chi connectivity index (χ4n) is 11.5. The number of para-hydroxylation sites is 2. The van der Waals surface area contributed by atoms with Gasteiger partial charge in [0, 0.05) is 44.2 Å². The van der Waals surface area contributed by atoms with Crippen molar-refractivity contribution in [1.29, 1.82) is 0 Å². The molecule has 1 unspecified atom stereocenters. The van der Waals surface area contributed by atoms with E-state index >= 15 is 0 Å². The Morgan fingerprint density at radius 2 is 1.00 bits per heavy atom. The average Bonchev–Trinajstić information content (AvgIpc) is 3.91. The molecule has 2 nitrogen and oxygen atoms in total. The van der Waals surface area contributed by atoms with Crippen LogP contribution >= 0.6 is 0 Å². The van der Waals surface area contributed by atoms with Crippen LogP contribution in [-0.4, -0.2) is 54.9 Å². The van der Waals surface area contributed by atoms with Gasteiger partial charge in [-0.25, -0.2) is 0 Å². The third-order valence-corrected chi connectivity index (χ3v) is 15.5. The lowest BCUT2D eigenvalue weighted by Gasteiger charge is -2.34. The van der Waals surface area contributed by atoms with E-state index < -0.39 is 5.41 Å². The molecule has 1 atom stereocenters. The molecule has 1 heterocycles. The molecule has 0 bridgehead atoms. The van der Waals surface area contributed by atoms with Gasteiger partial charge in [0.15, 0.2) is 0 Å². The Morgan fingerprint density at radius 3 is 1.64 bits per heavy atom. The first kappa shape index (κ1) is 46.6. The number of hydrogen-bond donors (Lipinski definition) is 0. The summed E-state index contributed by atoms with van der Waals surface area (Å²) in [6.07, 6.45) is 7.71. The van der Waals surface area contributed by atoms with Gasteiger partial charge in [0.2, 0.25) is 0 Å². The molecule has 2 aliphatic carbocycles. The Labute approximate surface area is 437 Å². The Bertz CT molecular complexity index is 3900. The van der Waals surface area contributed by atoms with Gasteiger partial charge in [0.25, 0.3) is 0 Å². The number of anilines is 2. The number of furan rings is 1. The second-order valence-electron chi connectivity index (χ2n) is 20.2. The molecule has 12 rings (SSSR count). The van der Waals surface area contributed by atoms with Crippen LogP contribution in [-0.2, 0) is 10.8 Å².